The van der Waals surface area contributed by atoms with Crippen LogP contribution < -0.4 is 5.32 Å². The molecule has 23 heavy (non-hydrogen) atoms. The Morgan fingerprint density at radius 3 is 2.78 bits per heavy atom. The lowest BCUT2D eigenvalue weighted by molar-refractivity contribution is -0.116. The Bertz CT molecular complexity index is 718. The van der Waals surface area contributed by atoms with Crippen LogP contribution in [0.15, 0.2) is 29.8 Å². The molecule has 0 aliphatic rings. The number of carbonyl (C=O) groups is 2. The Balaban J connectivity index is 2.00. The number of aryl methyl sites for hydroxylation is 1. The number of carbonyl (C=O) groups excluding carboxylic acids is 2. The monoisotopic (exact) mass is 339 g/mol. The molecule has 0 saturated carbocycles. The standard InChI is InChI=1S/C15H15F2N3O2S/c1-9-3-5-18-11(7-9)19-12(21)8-20(2)15(22)10-4-6-23-13(10)14(16)17/h3-7,14H,8H2,1-2H3,(H,18,19,21). The van der Waals surface area contributed by atoms with E-state index in [0.717, 1.165) is 21.8 Å². The summed E-state index contributed by atoms with van der Waals surface area (Å²) in [5.41, 5.74) is 0.855. The molecule has 0 radical (unpaired) electrons. The normalized spacial score (nSPS) is 10.7. The maximum absolute atomic E-state index is 12.8. The van der Waals surface area contributed by atoms with Crippen molar-refractivity contribution in [3.8, 4) is 0 Å². The molecule has 0 spiro atoms. The van der Waals surface area contributed by atoms with Crippen LogP contribution in [0.3, 0.4) is 0 Å². The van der Waals surface area contributed by atoms with Gasteiger partial charge in [-0.1, -0.05) is 0 Å². The van der Waals surface area contributed by atoms with Crippen molar-refractivity contribution >= 4 is 29.0 Å². The number of hydrogen-bond acceptors (Lipinski definition) is 4. The predicted octanol–water partition coefficient (Wildman–Crippen LogP) is 3.10. The third-order valence-electron chi connectivity index (χ3n) is 3.03. The van der Waals surface area contributed by atoms with Crippen LogP contribution >= 0.6 is 11.3 Å². The highest BCUT2D eigenvalue weighted by atomic mass is 32.1. The molecule has 0 saturated heterocycles. The number of nitrogens with zero attached hydrogens (tertiary/aromatic N) is 2. The number of rotatable bonds is 5. The van der Waals surface area contributed by atoms with Gasteiger partial charge in [-0.3, -0.25) is 9.59 Å². The Morgan fingerprint density at radius 2 is 2.13 bits per heavy atom. The van der Waals surface area contributed by atoms with Crippen LogP contribution in [0.25, 0.3) is 0 Å². The predicted molar refractivity (Wildman–Crippen MR) is 83.8 cm³/mol. The van der Waals surface area contributed by atoms with Gasteiger partial charge in [0.15, 0.2) is 0 Å². The summed E-state index contributed by atoms with van der Waals surface area (Å²) >= 11 is 0.818. The molecule has 0 aliphatic heterocycles. The van der Waals surface area contributed by atoms with Gasteiger partial charge in [-0.25, -0.2) is 13.8 Å². The first kappa shape index (κ1) is 17.0. The first-order chi connectivity index (χ1) is 10.9. The van der Waals surface area contributed by atoms with Crippen LogP contribution in [-0.2, 0) is 4.79 Å². The van der Waals surface area contributed by atoms with Gasteiger partial charge in [0.1, 0.15) is 5.82 Å². The topological polar surface area (TPSA) is 62.3 Å². The number of nitrogens with one attached hydrogen (secondary N) is 1. The molecule has 0 fully saturated rings. The van der Waals surface area contributed by atoms with Crippen molar-refractivity contribution in [1.29, 1.82) is 0 Å². The number of alkyl halides is 2. The summed E-state index contributed by atoms with van der Waals surface area (Å²) in [4.78, 5) is 28.9. The van der Waals surface area contributed by atoms with E-state index >= 15 is 0 Å². The minimum atomic E-state index is -2.72. The minimum absolute atomic E-state index is 0.0750. The fourth-order valence-electron chi connectivity index (χ4n) is 1.95. The lowest BCUT2D eigenvalue weighted by Gasteiger charge is -2.17. The van der Waals surface area contributed by atoms with E-state index in [-0.39, 0.29) is 17.0 Å². The molecule has 5 nitrogen and oxygen atoms in total. The van der Waals surface area contributed by atoms with Crippen LogP contribution in [0.2, 0.25) is 0 Å². The molecule has 122 valence electrons. The maximum atomic E-state index is 12.8. The Morgan fingerprint density at radius 1 is 1.39 bits per heavy atom. The van der Waals surface area contributed by atoms with Crippen molar-refractivity contribution in [3.63, 3.8) is 0 Å². The number of aromatic nitrogens is 1. The number of thiophene rings is 1. The molecular formula is C15H15F2N3O2S. The average Bonchev–Trinajstić information content (AvgIpc) is 2.95. The van der Waals surface area contributed by atoms with E-state index in [9.17, 15) is 18.4 Å². The Hall–Kier alpha value is -2.35. The molecule has 2 rings (SSSR count). The Kier molecular flexibility index (Phi) is 5.38. The van der Waals surface area contributed by atoms with E-state index in [4.69, 9.17) is 0 Å². The molecule has 0 aliphatic carbocycles. The molecule has 2 aromatic rings. The average molecular weight is 339 g/mol. The second-order valence-electron chi connectivity index (χ2n) is 4.93. The van der Waals surface area contributed by atoms with Gasteiger partial charge in [0.2, 0.25) is 5.91 Å². The summed E-state index contributed by atoms with van der Waals surface area (Å²) in [6.45, 7) is 1.60. The zero-order chi connectivity index (χ0) is 17.0. The zero-order valence-corrected chi connectivity index (χ0v) is 13.4. The molecule has 1 N–H and O–H groups in total. The summed E-state index contributed by atoms with van der Waals surface area (Å²) in [5.74, 6) is -0.693. The van der Waals surface area contributed by atoms with Crippen LogP contribution in [-0.4, -0.2) is 35.3 Å². The van der Waals surface area contributed by atoms with Crippen molar-refractivity contribution in [2.24, 2.45) is 0 Å². The van der Waals surface area contributed by atoms with Crippen molar-refractivity contribution in [1.82, 2.24) is 9.88 Å². The number of likely N-dealkylation sites (N-methyl/N-ethyl adjacent to an activating group) is 1. The fraction of sp³-hybridized carbons (Fsp3) is 0.267. The second-order valence-corrected chi connectivity index (χ2v) is 5.87. The van der Waals surface area contributed by atoms with Gasteiger partial charge >= 0.3 is 0 Å². The number of anilines is 1. The number of pyridine rings is 1. The summed E-state index contributed by atoms with van der Waals surface area (Å²) in [6, 6.07) is 4.81. The highest BCUT2D eigenvalue weighted by molar-refractivity contribution is 7.10. The minimum Gasteiger partial charge on any atom is -0.332 e. The summed E-state index contributed by atoms with van der Waals surface area (Å²) in [6.07, 6.45) is -1.16. The van der Waals surface area contributed by atoms with E-state index < -0.39 is 18.2 Å². The molecule has 2 heterocycles. The van der Waals surface area contributed by atoms with E-state index in [1.165, 1.54) is 18.5 Å². The second kappa shape index (κ2) is 7.28. The van der Waals surface area contributed by atoms with E-state index in [1.54, 1.807) is 18.3 Å². The van der Waals surface area contributed by atoms with E-state index in [2.05, 4.69) is 10.3 Å². The summed E-state index contributed by atoms with van der Waals surface area (Å²) < 4.78 is 25.6. The lowest BCUT2D eigenvalue weighted by Crippen LogP contribution is -2.35. The molecule has 2 aromatic heterocycles. The van der Waals surface area contributed by atoms with E-state index in [0.29, 0.717) is 5.82 Å². The zero-order valence-electron chi connectivity index (χ0n) is 12.5. The highest BCUT2D eigenvalue weighted by Gasteiger charge is 2.23. The SMILES string of the molecule is Cc1ccnc(NC(=O)CN(C)C(=O)c2ccsc2C(F)F)c1. The van der Waals surface area contributed by atoms with Gasteiger partial charge < -0.3 is 10.2 Å². The first-order valence-corrected chi connectivity index (χ1v) is 7.60. The molecule has 0 bridgehead atoms. The van der Waals surface area contributed by atoms with Crippen molar-refractivity contribution in [2.45, 2.75) is 13.3 Å². The van der Waals surface area contributed by atoms with Gasteiger partial charge in [0.25, 0.3) is 12.3 Å². The molecular weight excluding hydrogens is 324 g/mol. The third kappa shape index (κ3) is 4.32. The van der Waals surface area contributed by atoms with Crippen molar-refractivity contribution in [2.75, 3.05) is 18.9 Å². The van der Waals surface area contributed by atoms with Crippen molar-refractivity contribution in [3.05, 3.63) is 45.8 Å². The number of amides is 2. The quantitative estimate of drug-likeness (QED) is 0.910. The smallest absolute Gasteiger partial charge is 0.273 e. The highest BCUT2D eigenvalue weighted by Crippen LogP contribution is 2.29. The van der Waals surface area contributed by atoms with Crippen LogP contribution in [0, 0.1) is 6.92 Å². The molecule has 2 amide bonds. The van der Waals surface area contributed by atoms with Gasteiger partial charge in [-0.05, 0) is 36.1 Å². The fourth-order valence-corrected chi connectivity index (χ4v) is 2.68. The van der Waals surface area contributed by atoms with Gasteiger partial charge in [0, 0.05) is 13.2 Å². The number of hydrogen-bond donors (Lipinski definition) is 1. The summed E-state index contributed by atoms with van der Waals surface area (Å²) in [5, 5.41) is 3.99. The molecule has 0 unspecified atom stereocenters. The van der Waals surface area contributed by atoms with Gasteiger partial charge in [-0.2, -0.15) is 0 Å². The first-order valence-electron chi connectivity index (χ1n) is 6.72. The molecule has 0 aromatic carbocycles. The van der Waals surface area contributed by atoms with Crippen LogP contribution in [0.5, 0.6) is 0 Å². The largest absolute Gasteiger partial charge is 0.332 e. The Labute approximate surface area is 136 Å². The van der Waals surface area contributed by atoms with Crippen LogP contribution in [0.1, 0.15) is 27.2 Å². The van der Waals surface area contributed by atoms with Crippen LogP contribution in [0.4, 0.5) is 14.6 Å². The maximum Gasteiger partial charge on any atom is 0.273 e. The molecule has 8 heteroatoms. The summed E-state index contributed by atoms with van der Waals surface area (Å²) in [7, 11) is 1.39. The van der Waals surface area contributed by atoms with Gasteiger partial charge in [0.05, 0.1) is 17.0 Å². The third-order valence-corrected chi connectivity index (χ3v) is 3.96. The lowest BCUT2D eigenvalue weighted by atomic mass is 10.2. The number of halogens is 2. The van der Waals surface area contributed by atoms with E-state index in [1.807, 2.05) is 6.92 Å². The van der Waals surface area contributed by atoms with Crippen molar-refractivity contribution < 1.29 is 18.4 Å². The molecule has 0 atom stereocenters. The van der Waals surface area contributed by atoms with Gasteiger partial charge in [-0.15, -0.1) is 11.3 Å².